The maximum Gasteiger partial charge on any atom is 0.0874 e. The third kappa shape index (κ3) is 4.28. The average molecular weight is 259 g/mol. The van der Waals surface area contributed by atoms with Gasteiger partial charge in [0.2, 0.25) is 0 Å². The average Bonchev–Trinajstić information content (AvgIpc) is 2.35. The van der Waals surface area contributed by atoms with Crippen LogP contribution in [0.2, 0.25) is 5.02 Å². The lowest BCUT2D eigenvalue weighted by Crippen LogP contribution is -2.32. The van der Waals surface area contributed by atoms with Gasteiger partial charge in [-0.2, -0.15) is 0 Å². The van der Waals surface area contributed by atoms with Crippen LogP contribution in [0.25, 0.3) is 0 Å². The Morgan fingerprint density at radius 2 is 1.82 bits per heavy atom. The quantitative estimate of drug-likeness (QED) is 0.816. The van der Waals surface area contributed by atoms with Crippen molar-refractivity contribution in [2.75, 3.05) is 20.8 Å². The van der Waals surface area contributed by atoms with Gasteiger partial charge in [0, 0.05) is 32.3 Å². The van der Waals surface area contributed by atoms with E-state index in [-0.39, 0.29) is 18.8 Å². The van der Waals surface area contributed by atoms with Crippen molar-refractivity contribution in [3.05, 3.63) is 34.9 Å². The summed E-state index contributed by atoms with van der Waals surface area (Å²) in [7, 11) is 3.27. The molecule has 1 N–H and O–H groups in total. The largest absolute Gasteiger partial charge is 0.396 e. The molecular weight excluding hydrogens is 240 g/mol. The molecule has 3 nitrogen and oxygen atoms in total. The summed E-state index contributed by atoms with van der Waals surface area (Å²) in [6.07, 6.45) is 1.00. The SMILES string of the molecule is CO[C@@H](CCO)[C@H](Cc1ccccc1Cl)OC. The molecule has 0 unspecified atom stereocenters. The molecule has 0 saturated carbocycles. The van der Waals surface area contributed by atoms with Gasteiger partial charge in [0.25, 0.3) is 0 Å². The van der Waals surface area contributed by atoms with E-state index in [9.17, 15) is 0 Å². The van der Waals surface area contributed by atoms with E-state index in [1.54, 1.807) is 14.2 Å². The van der Waals surface area contributed by atoms with Crippen LogP contribution < -0.4 is 0 Å². The van der Waals surface area contributed by atoms with Gasteiger partial charge in [0.15, 0.2) is 0 Å². The Balaban J connectivity index is 2.72. The monoisotopic (exact) mass is 258 g/mol. The Kier molecular flexibility index (Phi) is 6.52. The molecule has 0 aromatic heterocycles. The standard InChI is InChI=1S/C13H19ClO3/c1-16-12(7-8-15)13(17-2)9-10-5-3-4-6-11(10)14/h3-6,12-13,15H,7-9H2,1-2H3/t12-,13-/m0/s1. The van der Waals surface area contributed by atoms with Gasteiger partial charge in [0.1, 0.15) is 0 Å². The minimum atomic E-state index is -0.124. The zero-order valence-electron chi connectivity index (χ0n) is 10.2. The van der Waals surface area contributed by atoms with Crippen molar-refractivity contribution in [1.29, 1.82) is 0 Å². The zero-order valence-corrected chi connectivity index (χ0v) is 11.0. The molecule has 96 valence electrons. The van der Waals surface area contributed by atoms with Crippen LogP contribution in [-0.4, -0.2) is 38.1 Å². The molecule has 1 aromatic rings. The molecule has 17 heavy (non-hydrogen) atoms. The van der Waals surface area contributed by atoms with Crippen molar-refractivity contribution in [2.24, 2.45) is 0 Å². The smallest absolute Gasteiger partial charge is 0.0874 e. The number of rotatable bonds is 7. The van der Waals surface area contributed by atoms with Crippen molar-refractivity contribution in [2.45, 2.75) is 25.0 Å². The molecule has 0 aliphatic heterocycles. The van der Waals surface area contributed by atoms with Crippen LogP contribution in [0.3, 0.4) is 0 Å². The highest BCUT2D eigenvalue weighted by Gasteiger charge is 2.21. The fourth-order valence-corrected chi connectivity index (χ4v) is 2.04. The molecule has 1 rings (SSSR count). The summed E-state index contributed by atoms with van der Waals surface area (Å²) in [5, 5.41) is 9.70. The highest BCUT2D eigenvalue weighted by atomic mass is 35.5. The van der Waals surface area contributed by atoms with Crippen molar-refractivity contribution in [1.82, 2.24) is 0 Å². The van der Waals surface area contributed by atoms with E-state index in [0.717, 1.165) is 10.6 Å². The highest BCUT2D eigenvalue weighted by Crippen LogP contribution is 2.20. The highest BCUT2D eigenvalue weighted by molar-refractivity contribution is 6.31. The first-order valence-corrected chi connectivity index (χ1v) is 6.00. The first-order chi connectivity index (χ1) is 8.22. The Bertz CT molecular complexity index is 330. The number of hydrogen-bond acceptors (Lipinski definition) is 3. The van der Waals surface area contributed by atoms with Gasteiger partial charge in [-0.25, -0.2) is 0 Å². The molecule has 0 fully saturated rings. The van der Waals surface area contributed by atoms with Crippen LogP contribution in [0, 0.1) is 0 Å². The van der Waals surface area contributed by atoms with Crippen molar-refractivity contribution in [3.63, 3.8) is 0 Å². The fourth-order valence-electron chi connectivity index (χ4n) is 1.83. The zero-order chi connectivity index (χ0) is 12.7. The predicted molar refractivity (Wildman–Crippen MR) is 68.5 cm³/mol. The van der Waals surface area contributed by atoms with Gasteiger partial charge in [-0.15, -0.1) is 0 Å². The first kappa shape index (κ1) is 14.5. The third-order valence-corrected chi connectivity index (χ3v) is 3.18. The van der Waals surface area contributed by atoms with Crippen LogP contribution in [-0.2, 0) is 15.9 Å². The molecule has 0 heterocycles. The van der Waals surface area contributed by atoms with Crippen molar-refractivity contribution < 1.29 is 14.6 Å². The van der Waals surface area contributed by atoms with E-state index in [1.807, 2.05) is 24.3 Å². The van der Waals surface area contributed by atoms with Gasteiger partial charge < -0.3 is 14.6 Å². The lowest BCUT2D eigenvalue weighted by molar-refractivity contribution is -0.0448. The van der Waals surface area contributed by atoms with Gasteiger partial charge in [-0.1, -0.05) is 29.8 Å². The maximum absolute atomic E-state index is 8.97. The summed E-state index contributed by atoms with van der Waals surface area (Å²) >= 11 is 6.10. The van der Waals surface area contributed by atoms with E-state index in [2.05, 4.69) is 0 Å². The molecule has 1 aromatic carbocycles. The van der Waals surface area contributed by atoms with Crippen LogP contribution in [0.15, 0.2) is 24.3 Å². The summed E-state index contributed by atoms with van der Waals surface area (Å²) < 4.78 is 10.7. The van der Waals surface area contributed by atoms with E-state index in [0.29, 0.717) is 12.8 Å². The van der Waals surface area contributed by atoms with Gasteiger partial charge in [0.05, 0.1) is 12.2 Å². The van der Waals surface area contributed by atoms with Gasteiger partial charge in [-0.05, 0) is 18.1 Å². The van der Waals surface area contributed by atoms with E-state index in [1.165, 1.54) is 0 Å². The number of benzene rings is 1. The molecule has 0 radical (unpaired) electrons. The third-order valence-electron chi connectivity index (χ3n) is 2.81. The minimum absolute atomic E-state index is 0.0842. The Labute approximate surface area is 107 Å². The van der Waals surface area contributed by atoms with E-state index >= 15 is 0 Å². The number of halogens is 1. The second kappa shape index (κ2) is 7.67. The molecule has 0 aliphatic carbocycles. The topological polar surface area (TPSA) is 38.7 Å². The van der Waals surface area contributed by atoms with Gasteiger partial charge in [-0.3, -0.25) is 0 Å². The molecule has 0 amide bonds. The summed E-state index contributed by atoms with van der Waals surface area (Å²) in [4.78, 5) is 0. The number of hydrogen-bond donors (Lipinski definition) is 1. The van der Waals surface area contributed by atoms with Crippen LogP contribution in [0.1, 0.15) is 12.0 Å². The second-order valence-corrected chi connectivity index (χ2v) is 4.26. The summed E-state index contributed by atoms with van der Waals surface area (Å²) in [6, 6.07) is 7.68. The first-order valence-electron chi connectivity index (χ1n) is 5.62. The van der Waals surface area contributed by atoms with Crippen molar-refractivity contribution in [3.8, 4) is 0 Å². The number of aliphatic hydroxyl groups excluding tert-OH is 1. The predicted octanol–water partition coefficient (Wildman–Crippen LogP) is 2.29. The normalized spacial score (nSPS) is 14.6. The number of aliphatic hydroxyl groups is 1. The Hall–Kier alpha value is -0.610. The van der Waals surface area contributed by atoms with Crippen LogP contribution in [0.5, 0.6) is 0 Å². The molecule has 0 bridgehead atoms. The summed E-state index contributed by atoms with van der Waals surface area (Å²) in [5.74, 6) is 0. The second-order valence-electron chi connectivity index (χ2n) is 3.86. The Morgan fingerprint density at radius 1 is 1.18 bits per heavy atom. The van der Waals surface area contributed by atoms with E-state index < -0.39 is 0 Å². The lowest BCUT2D eigenvalue weighted by Gasteiger charge is -2.24. The van der Waals surface area contributed by atoms with Crippen molar-refractivity contribution >= 4 is 11.6 Å². The molecule has 0 spiro atoms. The number of ether oxygens (including phenoxy) is 2. The fraction of sp³-hybridized carbons (Fsp3) is 0.538. The molecule has 0 saturated heterocycles. The molecule has 4 heteroatoms. The molecule has 2 atom stereocenters. The minimum Gasteiger partial charge on any atom is -0.396 e. The van der Waals surface area contributed by atoms with Gasteiger partial charge >= 0.3 is 0 Å². The molecule has 0 aliphatic rings. The molecular formula is C13H19ClO3. The summed E-state index contributed by atoms with van der Waals surface area (Å²) in [6.45, 7) is 0.0842. The maximum atomic E-state index is 8.97. The van der Waals surface area contributed by atoms with Crippen LogP contribution in [0.4, 0.5) is 0 Å². The Morgan fingerprint density at radius 3 is 2.35 bits per heavy atom. The van der Waals surface area contributed by atoms with E-state index in [4.69, 9.17) is 26.2 Å². The lowest BCUT2D eigenvalue weighted by atomic mass is 10.0. The summed E-state index contributed by atoms with van der Waals surface area (Å²) in [5.41, 5.74) is 1.03. The van der Waals surface area contributed by atoms with Crippen LogP contribution >= 0.6 is 11.6 Å². The number of methoxy groups -OCH3 is 2.